The van der Waals surface area contributed by atoms with Crippen LogP contribution in [0.25, 0.3) is 0 Å². The minimum absolute atomic E-state index is 0.237. The predicted molar refractivity (Wildman–Crippen MR) is 98.4 cm³/mol. The van der Waals surface area contributed by atoms with Crippen LogP contribution in [-0.2, 0) is 19.4 Å². The fourth-order valence-electron chi connectivity index (χ4n) is 3.16. The Morgan fingerprint density at radius 1 is 1.15 bits per heavy atom. The van der Waals surface area contributed by atoms with Gasteiger partial charge < -0.3 is 14.5 Å². The molecule has 0 spiro atoms. The van der Waals surface area contributed by atoms with Crippen molar-refractivity contribution >= 4 is 11.7 Å². The zero-order valence-corrected chi connectivity index (χ0v) is 14.6. The maximum atomic E-state index is 12.3. The van der Waals surface area contributed by atoms with E-state index in [1.807, 2.05) is 25.1 Å². The average Bonchev–Trinajstić information content (AvgIpc) is 3.29. The van der Waals surface area contributed by atoms with Crippen LogP contribution in [0.3, 0.4) is 0 Å². The highest BCUT2D eigenvalue weighted by molar-refractivity contribution is 6.01. The molecule has 1 aliphatic rings. The lowest BCUT2D eigenvalue weighted by Gasteiger charge is -2.07. The number of carbonyl (C=O) groups is 1. The van der Waals surface area contributed by atoms with E-state index in [0.717, 1.165) is 24.3 Å². The van der Waals surface area contributed by atoms with Crippen LogP contribution in [0.15, 0.2) is 52.9 Å². The normalized spacial score (nSPS) is 12.7. The molecule has 1 aromatic carbocycles. The molecule has 1 N–H and O–H groups in total. The number of nitrogens with one attached hydrogen (secondary N) is 1. The minimum atomic E-state index is -0.327. The molecule has 0 saturated heterocycles. The number of fused-ring (bicyclic) bond motifs is 1. The molecule has 0 unspecified atom stereocenters. The molecule has 5 nitrogen and oxygen atoms in total. The van der Waals surface area contributed by atoms with Gasteiger partial charge in [-0.15, -0.1) is 0 Å². The van der Waals surface area contributed by atoms with Gasteiger partial charge in [-0.1, -0.05) is 12.1 Å². The second kappa shape index (κ2) is 7.04. The molecule has 26 heavy (non-hydrogen) atoms. The van der Waals surface area contributed by atoms with E-state index in [1.54, 1.807) is 18.2 Å². The van der Waals surface area contributed by atoms with Crippen molar-refractivity contribution in [3.63, 3.8) is 0 Å². The number of aromatic nitrogens is 1. The quantitative estimate of drug-likeness (QED) is 0.746. The number of rotatable bonds is 5. The Hall–Kier alpha value is -3.08. The van der Waals surface area contributed by atoms with E-state index in [1.165, 1.54) is 17.5 Å². The van der Waals surface area contributed by atoms with Crippen LogP contribution >= 0.6 is 0 Å². The van der Waals surface area contributed by atoms with Crippen molar-refractivity contribution in [2.75, 3.05) is 5.32 Å². The predicted octanol–water partition coefficient (Wildman–Crippen LogP) is 4.30. The number of nitrogens with zero attached hydrogens (tertiary/aromatic N) is 1. The first-order valence-electron chi connectivity index (χ1n) is 8.76. The van der Waals surface area contributed by atoms with E-state index in [2.05, 4.69) is 22.4 Å². The zero-order chi connectivity index (χ0) is 17.9. The largest absolute Gasteiger partial charge is 0.486 e. The van der Waals surface area contributed by atoms with Crippen LogP contribution in [-0.4, -0.2) is 10.9 Å². The molecule has 132 valence electrons. The molecule has 4 rings (SSSR count). The molecule has 1 amide bonds. The van der Waals surface area contributed by atoms with Crippen LogP contribution in [0.5, 0.6) is 5.75 Å². The maximum Gasteiger partial charge on any atom is 0.292 e. The Kier molecular flexibility index (Phi) is 4.44. The van der Waals surface area contributed by atoms with E-state index in [0.29, 0.717) is 11.6 Å². The van der Waals surface area contributed by atoms with E-state index in [9.17, 15) is 4.79 Å². The third-order valence-corrected chi connectivity index (χ3v) is 4.47. The van der Waals surface area contributed by atoms with Gasteiger partial charge in [-0.25, -0.2) is 4.98 Å². The molecule has 0 fully saturated rings. The molecular weight excluding hydrogens is 328 g/mol. The summed E-state index contributed by atoms with van der Waals surface area (Å²) in [5, 5.41) is 2.73. The summed E-state index contributed by atoms with van der Waals surface area (Å²) in [6, 6.07) is 15.1. The van der Waals surface area contributed by atoms with Crippen LogP contribution < -0.4 is 10.1 Å². The minimum Gasteiger partial charge on any atom is -0.486 e. The Bertz CT molecular complexity index is 946. The highest BCUT2D eigenvalue weighted by Gasteiger charge is 2.14. The van der Waals surface area contributed by atoms with Crippen molar-refractivity contribution < 1.29 is 13.9 Å². The van der Waals surface area contributed by atoms with Gasteiger partial charge in [0.2, 0.25) is 0 Å². The summed E-state index contributed by atoms with van der Waals surface area (Å²) in [7, 11) is 0. The Morgan fingerprint density at radius 3 is 2.92 bits per heavy atom. The van der Waals surface area contributed by atoms with Gasteiger partial charge in [0.25, 0.3) is 5.91 Å². The zero-order valence-electron chi connectivity index (χ0n) is 14.6. The molecule has 1 aliphatic carbocycles. The standard InChI is InChI=1S/C21H20N2O3/c1-14-4-2-7-20(22-14)23-21(24)19-11-10-18(26-19)13-25-17-9-8-15-5-3-6-16(15)12-17/h2,4,7-12H,3,5-6,13H2,1H3,(H,22,23,24). The van der Waals surface area contributed by atoms with Gasteiger partial charge in [0, 0.05) is 5.69 Å². The van der Waals surface area contributed by atoms with E-state index in [-0.39, 0.29) is 18.3 Å². The van der Waals surface area contributed by atoms with Gasteiger partial charge >= 0.3 is 0 Å². The molecule has 2 aromatic heterocycles. The molecule has 3 aromatic rings. The van der Waals surface area contributed by atoms with Gasteiger partial charge in [0.15, 0.2) is 5.76 Å². The summed E-state index contributed by atoms with van der Waals surface area (Å²) in [4.78, 5) is 16.5. The summed E-state index contributed by atoms with van der Waals surface area (Å²) in [5.41, 5.74) is 3.62. The number of furan rings is 1. The third-order valence-electron chi connectivity index (χ3n) is 4.47. The van der Waals surface area contributed by atoms with Gasteiger partial charge in [0.05, 0.1) is 0 Å². The molecule has 0 aliphatic heterocycles. The van der Waals surface area contributed by atoms with E-state index in [4.69, 9.17) is 9.15 Å². The molecule has 0 saturated carbocycles. The SMILES string of the molecule is Cc1cccc(NC(=O)c2ccc(COc3ccc4c(c3)CCC4)o2)n1. The Balaban J connectivity index is 1.37. The summed E-state index contributed by atoms with van der Waals surface area (Å²) < 4.78 is 11.4. The number of hydrogen-bond acceptors (Lipinski definition) is 4. The van der Waals surface area contributed by atoms with Crippen LogP contribution in [0.1, 0.15) is 39.6 Å². The monoisotopic (exact) mass is 348 g/mol. The number of hydrogen-bond donors (Lipinski definition) is 1. The van der Waals surface area contributed by atoms with Gasteiger partial charge in [-0.3, -0.25) is 4.79 Å². The van der Waals surface area contributed by atoms with Crippen molar-refractivity contribution in [2.24, 2.45) is 0 Å². The van der Waals surface area contributed by atoms with E-state index < -0.39 is 0 Å². The smallest absolute Gasteiger partial charge is 0.292 e. The molecule has 0 atom stereocenters. The second-order valence-corrected chi connectivity index (χ2v) is 6.46. The number of amides is 1. The van der Waals surface area contributed by atoms with Gasteiger partial charge in [-0.2, -0.15) is 0 Å². The Morgan fingerprint density at radius 2 is 2.04 bits per heavy atom. The molecule has 0 radical (unpaired) electrons. The highest BCUT2D eigenvalue weighted by Crippen LogP contribution is 2.26. The summed E-state index contributed by atoms with van der Waals surface area (Å²) >= 11 is 0. The van der Waals surface area contributed by atoms with Gasteiger partial charge in [0.1, 0.15) is 23.9 Å². The Labute approximate surface area is 152 Å². The third kappa shape index (κ3) is 3.61. The van der Waals surface area contributed by atoms with Crippen LogP contribution in [0.4, 0.5) is 5.82 Å². The van der Waals surface area contributed by atoms with Crippen molar-refractivity contribution in [1.82, 2.24) is 4.98 Å². The summed E-state index contributed by atoms with van der Waals surface area (Å²) in [6.45, 7) is 2.16. The highest BCUT2D eigenvalue weighted by atomic mass is 16.5. The topological polar surface area (TPSA) is 64.4 Å². The van der Waals surface area contributed by atoms with Crippen molar-refractivity contribution in [3.05, 3.63) is 76.9 Å². The van der Waals surface area contributed by atoms with Crippen molar-refractivity contribution in [2.45, 2.75) is 32.8 Å². The lowest BCUT2D eigenvalue weighted by Crippen LogP contribution is -2.12. The number of pyridine rings is 1. The molecule has 2 heterocycles. The fraction of sp³-hybridized carbons (Fsp3) is 0.238. The second-order valence-electron chi connectivity index (χ2n) is 6.46. The summed E-state index contributed by atoms with van der Waals surface area (Å²) in [5.74, 6) is 1.85. The first kappa shape index (κ1) is 16.4. The summed E-state index contributed by atoms with van der Waals surface area (Å²) in [6.07, 6.45) is 3.48. The number of aryl methyl sites for hydroxylation is 3. The first-order chi connectivity index (χ1) is 12.7. The van der Waals surface area contributed by atoms with E-state index >= 15 is 0 Å². The molecule has 5 heteroatoms. The lowest BCUT2D eigenvalue weighted by atomic mass is 10.1. The maximum absolute atomic E-state index is 12.3. The van der Waals surface area contributed by atoms with Gasteiger partial charge in [-0.05, 0) is 73.7 Å². The number of anilines is 1. The number of carbonyl (C=O) groups excluding carboxylic acids is 1. The first-order valence-corrected chi connectivity index (χ1v) is 8.76. The van der Waals surface area contributed by atoms with Crippen molar-refractivity contribution in [1.29, 1.82) is 0 Å². The van der Waals surface area contributed by atoms with Crippen LogP contribution in [0.2, 0.25) is 0 Å². The molecule has 0 bridgehead atoms. The molecular formula is C21H20N2O3. The number of ether oxygens (including phenoxy) is 1. The lowest BCUT2D eigenvalue weighted by molar-refractivity contribution is 0.0992. The van der Waals surface area contributed by atoms with Crippen LogP contribution in [0, 0.1) is 6.92 Å². The fourth-order valence-corrected chi connectivity index (χ4v) is 3.16. The van der Waals surface area contributed by atoms with Crippen molar-refractivity contribution in [3.8, 4) is 5.75 Å². The average molecular weight is 348 g/mol. The number of benzene rings is 1.